The molecule has 0 amide bonds. The van der Waals surface area contributed by atoms with E-state index in [0.29, 0.717) is 6.61 Å². The molecule has 1 saturated carbocycles. The van der Waals surface area contributed by atoms with Gasteiger partial charge in [0.15, 0.2) is 0 Å². The lowest BCUT2D eigenvalue weighted by molar-refractivity contribution is -0.0255. The van der Waals surface area contributed by atoms with Gasteiger partial charge < -0.3 is 14.8 Å². The van der Waals surface area contributed by atoms with Crippen LogP contribution in [0, 0.1) is 11.3 Å². The molecule has 0 radical (unpaired) electrons. The van der Waals surface area contributed by atoms with Crippen molar-refractivity contribution in [1.29, 1.82) is 0 Å². The zero-order valence-corrected chi connectivity index (χ0v) is 12.8. The van der Waals surface area contributed by atoms with Crippen LogP contribution in [0.15, 0.2) is 24.3 Å². The molecule has 3 rings (SSSR count). The first kappa shape index (κ1) is 14.3. The Balaban J connectivity index is 1.67. The fraction of sp³-hybridized carbons (Fsp3) is 0.765. The highest BCUT2D eigenvalue weighted by Crippen LogP contribution is 2.51. The van der Waals surface area contributed by atoms with Crippen LogP contribution in [0.2, 0.25) is 0 Å². The molecule has 3 aliphatic rings. The quantitative estimate of drug-likeness (QED) is 0.598. The number of fused-ring (bicyclic) bond motifs is 1. The van der Waals surface area contributed by atoms with E-state index in [1.165, 1.54) is 25.0 Å². The van der Waals surface area contributed by atoms with Crippen LogP contribution in [0.25, 0.3) is 0 Å². The van der Waals surface area contributed by atoms with Crippen molar-refractivity contribution in [3.63, 3.8) is 0 Å². The second-order valence-electron chi connectivity index (χ2n) is 6.94. The van der Waals surface area contributed by atoms with Gasteiger partial charge in [0.1, 0.15) is 0 Å². The molecule has 0 aromatic carbocycles. The summed E-state index contributed by atoms with van der Waals surface area (Å²) in [5.41, 5.74) is 1.10. The molecule has 2 unspecified atom stereocenters. The predicted molar refractivity (Wildman–Crippen MR) is 80.7 cm³/mol. The van der Waals surface area contributed by atoms with Gasteiger partial charge in [0, 0.05) is 12.5 Å². The number of rotatable bonds is 6. The lowest BCUT2D eigenvalue weighted by Gasteiger charge is -2.43. The Bertz CT molecular complexity index is 415. The van der Waals surface area contributed by atoms with E-state index in [1.807, 2.05) is 0 Å². The minimum Gasteiger partial charge on any atom is -0.374 e. The van der Waals surface area contributed by atoms with Gasteiger partial charge in [-0.15, -0.1) is 0 Å². The second kappa shape index (κ2) is 5.28. The summed E-state index contributed by atoms with van der Waals surface area (Å²) in [5, 5.41) is 3.61. The van der Waals surface area contributed by atoms with Crippen LogP contribution in [0.1, 0.15) is 32.6 Å². The van der Waals surface area contributed by atoms with E-state index in [0.717, 1.165) is 25.3 Å². The van der Waals surface area contributed by atoms with E-state index < -0.39 is 0 Å². The lowest BCUT2D eigenvalue weighted by atomic mass is 9.65. The third-order valence-corrected chi connectivity index (χ3v) is 5.32. The van der Waals surface area contributed by atoms with Crippen LogP contribution >= 0.6 is 0 Å². The summed E-state index contributed by atoms with van der Waals surface area (Å²) in [6.45, 7) is 9.36. The lowest BCUT2D eigenvalue weighted by Crippen LogP contribution is -2.45. The van der Waals surface area contributed by atoms with Gasteiger partial charge in [0.25, 0.3) is 0 Å². The summed E-state index contributed by atoms with van der Waals surface area (Å²) in [5.74, 6) is 0.932. The van der Waals surface area contributed by atoms with Crippen LogP contribution in [0.3, 0.4) is 0 Å². The molecule has 112 valence electrons. The minimum atomic E-state index is -0.191. The van der Waals surface area contributed by atoms with Crippen molar-refractivity contribution in [1.82, 2.24) is 5.32 Å². The van der Waals surface area contributed by atoms with Gasteiger partial charge in [-0.3, -0.25) is 0 Å². The van der Waals surface area contributed by atoms with Crippen molar-refractivity contribution >= 4 is 0 Å². The van der Waals surface area contributed by atoms with Gasteiger partial charge in [-0.05, 0) is 57.2 Å². The van der Waals surface area contributed by atoms with Crippen molar-refractivity contribution in [2.75, 3.05) is 26.8 Å². The first-order valence-electron chi connectivity index (χ1n) is 7.83. The zero-order valence-electron chi connectivity index (χ0n) is 12.8. The number of methoxy groups -OCH3 is 1. The molecule has 2 fully saturated rings. The predicted octanol–water partition coefficient (Wildman–Crippen LogP) is 2.68. The number of hydrogen-bond acceptors (Lipinski definition) is 3. The molecule has 0 spiro atoms. The second-order valence-corrected chi connectivity index (χ2v) is 6.94. The third-order valence-electron chi connectivity index (χ3n) is 5.32. The highest BCUT2D eigenvalue weighted by molar-refractivity contribution is 5.29. The molecule has 1 aliphatic heterocycles. The molecule has 2 aliphatic carbocycles. The summed E-state index contributed by atoms with van der Waals surface area (Å²) >= 11 is 0. The van der Waals surface area contributed by atoms with E-state index in [2.05, 4.69) is 31.0 Å². The molecule has 0 aromatic heterocycles. The molecule has 3 atom stereocenters. The Morgan fingerprint density at radius 1 is 1.50 bits per heavy atom. The number of nitrogens with one attached hydrogen (secondary N) is 1. The highest BCUT2D eigenvalue weighted by atomic mass is 16.5. The maximum Gasteiger partial charge on any atom is 0.0856 e. The van der Waals surface area contributed by atoms with Gasteiger partial charge in [-0.1, -0.05) is 18.7 Å². The molecular formula is C17H27NO2. The fourth-order valence-electron chi connectivity index (χ4n) is 3.62. The number of ether oxygens (including phenoxy) is 2. The summed E-state index contributed by atoms with van der Waals surface area (Å²) in [6.07, 6.45) is 9.40. The molecule has 0 aromatic rings. The van der Waals surface area contributed by atoms with Crippen LogP contribution in [0.4, 0.5) is 0 Å². The Morgan fingerprint density at radius 2 is 2.30 bits per heavy atom. The highest BCUT2D eigenvalue weighted by Gasteiger charge is 2.51. The largest absolute Gasteiger partial charge is 0.374 e. The van der Waals surface area contributed by atoms with Gasteiger partial charge in [0.05, 0.1) is 18.3 Å². The average molecular weight is 277 g/mol. The van der Waals surface area contributed by atoms with Crippen LogP contribution in [-0.2, 0) is 9.47 Å². The first-order chi connectivity index (χ1) is 9.58. The Morgan fingerprint density at radius 3 is 3.00 bits per heavy atom. The van der Waals surface area contributed by atoms with E-state index >= 15 is 0 Å². The van der Waals surface area contributed by atoms with Crippen molar-refractivity contribution < 1.29 is 9.47 Å². The maximum absolute atomic E-state index is 5.93. The monoisotopic (exact) mass is 277 g/mol. The fourth-order valence-corrected chi connectivity index (χ4v) is 3.62. The third kappa shape index (κ3) is 2.59. The Hall–Kier alpha value is -0.640. The van der Waals surface area contributed by atoms with Crippen LogP contribution in [-0.4, -0.2) is 38.5 Å². The topological polar surface area (TPSA) is 30.5 Å². The molecule has 1 heterocycles. The molecule has 3 heteroatoms. The van der Waals surface area contributed by atoms with E-state index in [1.54, 1.807) is 7.11 Å². The molecular weight excluding hydrogens is 250 g/mol. The minimum absolute atomic E-state index is 0.0516. The van der Waals surface area contributed by atoms with Crippen LogP contribution < -0.4 is 5.32 Å². The van der Waals surface area contributed by atoms with Crippen LogP contribution in [0.5, 0.6) is 0 Å². The summed E-state index contributed by atoms with van der Waals surface area (Å²) < 4.78 is 11.6. The summed E-state index contributed by atoms with van der Waals surface area (Å²) in [6, 6.07) is 0. The standard InChI is InChI=1S/C17H27NO2/c1-13-11-20-15-6-7-16(2,19-3)12-17(13,15)8-9-18-10-14-4-5-14/h6-7,14-15,18H,1,4-5,8-12H2,2-3H3/t15-,16?,17?/m0/s1. The Labute approximate surface area is 122 Å². The maximum atomic E-state index is 5.93. The molecule has 0 bridgehead atoms. The van der Waals surface area contributed by atoms with E-state index in [-0.39, 0.29) is 17.1 Å². The van der Waals surface area contributed by atoms with Crippen molar-refractivity contribution in [2.45, 2.75) is 44.3 Å². The molecule has 20 heavy (non-hydrogen) atoms. The smallest absolute Gasteiger partial charge is 0.0856 e. The SMILES string of the molecule is C=C1CO[C@H]2C=CC(C)(OC)CC12CCNCC1CC1. The molecule has 1 saturated heterocycles. The van der Waals surface area contributed by atoms with E-state index in [4.69, 9.17) is 9.47 Å². The van der Waals surface area contributed by atoms with Crippen molar-refractivity contribution in [3.8, 4) is 0 Å². The van der Waals surface area contributed by atoms with Gasteiger partial charge in [-0.2, -0.15) is 0 Å². The first-order valence-corrected chi connectivity index (χ1v) is 7.83. The zero-order chi connectivity index (χ0) is 14.2. The van der Waals surface area contributed by atoms with E-state index in [9.17, 15) is 0 Å². The summed E-state index contributed by atoms with van der Waals surface area (Å²) in [4.78, 5) is 0. The van der Waals surface area contributed by atoms with Gasteiger partial charge >= 0.3 is 0 Å². The van der Waals surface area contributed by atoms with Crippen molar-refractivity contribution in [2.24, 2.45) is 11.3 Å². The normalized spacial score (nSPS) is 40.1. The van der Waals surface area contributed by atoms with Gasteiger partial charge in [0.2, 0.25) is 0 Å². The molecule has 1 N–H and O–H groups in total. The van der Waals surface area contributed by atoms with Gasteiger partial charge in [-0.25, -0.2) is 0 Å². The van der Waals surface area contributed by atoms with Crippen molar-refractivity contribution in [3.05, 3.63) is 24.3 Å². The summed E-state index contributed by atoms with van der Waals surface area (Å²) in [7, 11) is 1.79. The number of hydrogen-bond donors (Lipinski definition) is 1. The molecule has 3 nitrogen and oxygen atoms in total. The average Bonchev–Trinajstić information content (AvgIpc) is 3.21. The Kier molecular flexibility index (Phi) is 3.78.